The van der Waals surface area contributed by atoms with Crippen molar-refractivity contribution in [2.24, 2.45) is 5.92 Å². The van der Waals surface area contributed by atoms with Crippen LogP contribution in [-0.2, 0) is 12.8 Å². The summed E-state index contributed by atoms with van der Waals surface area (Å²) >= 11 is 6.66. The van der Waals surface area contributed by atoms with Crippen LogP contribution in [0.5, 0.6) is 0 Å². The number of halogens is 2. The molecule has 0 radical (unpaired) electrons. The molecule has 1 aliphatic rings. The molecule has 0 heterocycles. The van der Waals surface area contributed by atoms with Gasteiger partial charge in [0.05, 0.1) is 5.38 Å². The number of benzene rings is 2. The van der Waals surface area contributed by atoms with E-state index in [1.165, 1.54) is 17.2 Å². The van der Waals surface area contributed by atoms with Crippen molar-refractivity contribution in [2.75, 3.05) is 0 Å². The highest BCUT2D eigenvalue weighted by Crippen LogP contribution is 2.40. The van der Waals surface area contributed by atoms with Crippen molar-refractivity contribution in [2.45, 2.75) is 31.6 Å². The molecular formula is C18H18ClF. The molecule has 0 spiro atoms. The van der Waals surface area contributed by atoms with E-state index >= 15 is 0 Å². The molecule has 0 aliphatic heterocycles. The number of hydrogen-bond acceptors (Lipinski definition) is 0. The topological polar surface area (TPSA) is 0 Å². The molecule has 0 fully saturated rings. The maximum Gasteiger partial charge on any atom is 0.123 e. The summed E-state index contributed by atoms with van der Waals surface area (Å²) in [6.07, 6.45) is 2.99. The minimum absolute atomic E-state index is 0.0302. The van der Waals surface area contributed by atoms with Crippen LogP contribution in [0, 0.1) is 18.7 Å². The standard InChI is InChI=1S/C18H18ClF/c1-12-6-9-16(20)11-15(12)10-14-8-7-13-4-2-3-5-17(13)18(14)19/h2-6,9,11,14,18H,7-8,10H2,1H3. The van der Waals surface area contributed by atoms with Gasteiger partial charge >= 0.3 is 0 Å². The van der Waals surface area contributed by atoms with Crippen LogP contribution in [0.4, 0.5) is 4.39 Å². The third kappa shape index (κ3) is 2.60. The Bertz CT molecular complexity index is 621. The maximum atomic E-state index is 13.4. The molecule has 1 aliphatic carbocycles. The van der Waals surface area contributed by atoms with E-state index in [2.05, 4.69) is 18.2 Å². The van der Waals surface area contributed by atoms with Crippen LogP contribution in [0.25, 0.3) is 0 Å². The highest BCUT2D eigenvalue weighted by atomic mass is 35.5. The summed E-state index contributed by atoms with van der Waals surface area (Å²) in [7, 11) is 0. The Balaban J connectivity index is 1.84. The molecule has 0 amide bonds. The Labute approximate surface area is 124 Å². The molecule has 0 nitrogen and oxygen atoms in total. The predicted octanol–water partition coefficient (Wildman–Crippen LogP) is 5.22. The lowest BCUT2D eigenvalue weighted by Gasteiger charge is -2.30. The Morgan fingerprint density at radius 3 is 2.85 bits per heavy atom. The minimum atomic E-state index is -0.159. The van der Waals surface area contributed by atoms with Crippen LogP contribution >= 0.6 is 11.6 Å². The van der Waals surface area contributed by atoms with E-state index in [4.69, 9.17) is 11.6 Å². The first-order chi connectivity index (χ1) is 9.65. The van der Waals surface area contributed by atoms with Gasteiger partial charge in [0, 0.05) is 0 Å². The Morgan fingerprint density at radius 2 is 2.00 bits per heavy atom. The van der Waals surface area contributed by atoms with Crippen LogP contribution in [-0.4, -0.2) is 0 Å². The van der Waals surface area contributed by atoms with Gasteiger partial charge in [0.25, 0.3) is 0 Å². The fraction of sp³-hybridized carbons (Fsp3) is 0.333. The summed E-state index contributed by atoms with van der Waals surface area (Å²) in [6.45, 7) is 2.04. The van der Waals surface area contributed by atoms with Crippen LogP contribution in [0.15, 0.2) is 42.5 Å². The molecule has 3 rings (SSSR count). The SMILES string of the molecule is Cc1ccc(F)cc1CC1CCc2ccccc2C1Cl. The zero-order valence-corrected chi connectivity index (χ0v) is 12.3. The molecular weight excluding hydrogens is 271 g/mol. The third-order valence-corrected chi connectivity index (χ3v) is 4.94. The average Bonchev–Trinajstić information content (AvgIpc) is 2.46. The van der Waals surface area contributed by atoms with Crippen molar-refractivity contribution in [3.05, 3.63) is 70.5 Å². The highest BCUT2D eigenvalue weighted by molar-refractivity contribution is 6.21. The second-order valence-electron chi connectivity index (χ2n) is 5.67. The summed E-state index contributed by atoms with van der Waals surface area (Å²) in [5.74, 6) is 0.222. The van der Waals surface area contributed by atoms with Gasteiger partial charge < -0.3 is 0 Å². The number of rotatable bonds is 2. The third-order valence-electron chi connectivity index (χ3n) is 4.34. The van der Waals surface area contributed by atoms with Crippen molar-refractivity contribution >= 4 is 11.6 Å². The van der Waals surface area contributed by atoms with Crippen LogP contribution in [0.2, 0.25) is 0 Å². The fourth-order valence-electron chi connectivity index (χ4n) is 3.12. The van der Waals surface area contributed by atoms with E-state index in [1.54, 1.807) is 6.07 Å². The smallest absolute Gasteiger partial charge is 0.123 e. The lowest BCUT2D eigenvalue weighted by molar-refractivity contribution is 0.440. The monoisotopic (exact) mass is 288 g/mol. The summed E-state index contributed by atoms with van der Waals surface area (Å²) in [5, 5.41) is 0.0302. The predicted molar refractivity (Wildman–Crippen MR) is 81.7 cm³/mol. The Hall–Kier alpha value is -1.34. The second kappa shape index (κ2) is 5.57. The Kier molecular flexibility index (Phi) is 3.80. The first-order valence-electron chi connectivity index (χ1n) is 7.12. The van der Waals surface area contributed by atoms with E-state index in [0.717, 1.165) is 30.4 Å². The van der Waals surface area contributed by atoms with E-state index in [9.17, 15) is 4.39 Å². The molecule has 2 heteroatoms. The van der Waals surface area contributed by atoms with E-state index < -0.39 is 0 Å². The molecule has 20 heavy (non-hydrogen) atoms. The number of fused-ring (bicyclic) bond motifs is 1. The van der Waals surface area contributed by atoms with Gasteiger partial charge in [-0.05, 0) is 66.5 Å². The maximum absolute atomic E-state index is 13.4. The second-order valence-corrected chi connectivity index (χ2v) is 6.14. The normalized spacial score (nSPS) is 21.6. The first-order valence-corrected chi connectivity index (χ1v) is 7.55. The summed E-state index contributed by atoms with van der Waals surface area (Å²) < 4.78 is 13.4. The van der Waals surface area contributed by atoms with Gasteiger partial charge in [-0.2, -0.15) is 0 Å². The molecule has 0 aromatic heterocycles. The van der Waals surface area contributed by atoms with Crippen LogP contribution in [0.3, 0.4) is 0 Å². The summed E-state index contributed by atoms with van der Waals surface area (Å²) in [4.78, 5) is 0. The number of aryl methyl sites for hydroxylation is 2. The highest BCUT2D eigenvalue weighted by Gasteiger charge is 2.28. The van der Waals surface area contributed by atoms with Crippen molar-refractivity contribution in [1.29, 1.82) is 0 Å². The summed E-state index contributed by atoms with van der Waals surface area (Å²) in [6, 6.07) is 13.4. The van der Waals surface area contributed by atoms with E-state index in [1.807, 2.05) is 19.1 Å². The van der Waals surface area contributed by atoms with Crippen molar-refractivity contribution in [1.82, 2.24) is 0 Å². The molecule has 0 saturated heterocycles. The van der Waals surface area contributed by atoms with Gasteiger partial charge in [-0.25, -0.2) is 4.39 Å². The van der Waals surface area contributed by atoms with Crippen molar-refractivity contribution in [3.63, 3.8) is 0 Å². The Morgan fingerprint density at radius 1 is 1.20 bits per heavy atom. The molecule has 0 bridgehead atoms. The van der Waals surface area contributed by atoms with E-state index in [0.29, 0.717) is 5.92 Å². The van der Waals surface area contributed by atoms with Crippen molar-refractivity contribution < 1.29 is 4.39 Å². The molecule has 2 aromatic rings. The fourth-order valence-corrected chi connectivity index (χ4v) is 3.55. The molecule has 2 unspecified atom stereocenters. The number of hydrogen-bond donors (Lipinski definition) is 0. The lowest BCUT2D eigenvalue weighted by atomic mass is 9.80. The van der Waals surface area contributed by atoms with Gasteiger partial charge in [-0.3, -0.25) is 0 Å². The van der Waals surface area contributed by atoms with Gasteiger partial charge in [-0.15, -0.1) is 11.6 Å². The first kappa shape index (κ1) is 13.6. The average molecular weight is 289 g/mol. The van der Waals surface area contributed by atoms with Crippen molar-refractivity contribution in [3.8, 4) is 0 Å². The van der Waals surface area contributed by atoms with E-state index in [-0.39, 0.29) is 11.2 Å². The van der Waals surface area contributed by atoms with Gasteiger partial charge in [0.1, 0.15) is 5.82 Å². The molecule has 2 atom stereocenters. The molecule has 2 aromatic carbocycles. The lowest BCUT2D eigenvalue weighted by Crippen LogP contribution is -2.19. The van der Waals surface area contributed by atoms with Gasteiger partial charge in [0.2, 0.25) is 0 Å². The molecule has 0 N–H and O–H groups in total. The largest absolute Gasteiger partial charge is 0.207 e. The zero-order valence-electron chi connectivity index (χ0n) is 11.6. The van der Waals surface area contributed by atoms with Crippen LogP contribution < -0.4 is 0 Å². The number of alkyl halides is 1. The zero-order chi connectivity index (χ0) is 14.1. The quantitative estimate of drug-likeness (QED) is 0.665. The summed E-state index contributed by atoms with van der Waals surface area (Å²) in [5.41, 5.74) is 4.84. The van der Waals surface area contributed by atoms with Crippen LogP contribution in [0.1, 0.15) is 34.1 Å². The molecule has 0 saturated carbocycles. The molecule has 104 valence electrons. The minimum Gasteiger partial charge on any atom is -0.207 e. The van der Waals surface area contributed by atoms with Gasteiger partial charge in [-0.1, -0.05) is 30.3 Å². The van der Waals surface area contributed by atoms with Gasteiger partial charge in [0.15, 0.2) is 0 Å².